The minimum Gasteiger partial charge on any atom is -0.370 e. The van der Waals surface area contributed by atoms with Gasteiger partial charge in [0.1, 0.15) is 0 Å². The fraction of sp³-hybridized carbons (Fsp3) is 0.800. The Morgan fingerprint density at radius 1 is 1.13 bits per heavy atom. The van der Waals surface area contributed by atoms with Crippen LogP contribution in [0.5, 0.6) is 0 Å². The number of carbonyl (C=O) groups is 2. The van der Waals surface area contributed by atoms with Crippen LogP contribution in [0.1, 0.15) is 33.6 Å². The predicted molar refractivity (Wildman–Crippen MR) is 59.2 cm³/mol. The largest absolute Gasteiger partial charge is 0.370 e. The highest BCUT2D eigenvalue weighted by atomic mass is 16.2. The third-order valence-corrected chi connectivity index (χ3v) is 1.59. The summed E-state index contributed by atoms with van der Waals surface area (Å²) in [4.78, 5) is 21.7. The highest BCUT2D eigenvalue weighted by molar-refractivity contribution is 5.76. The second kappa shape index (κ2) is 6.40. The summed E-state index contributed by atoms with van der Waals surface area (Å²) in [6.45, 7) is 6.90. The summed E-state index contributed by atoms with van der Waals surface area (Å²) < 4.78 is 0. The smallest absolute Gasteiger partial charge is 0.221 e. The SMILES string of the molecule is CC(C)(C)NC(=O)CCNCCC(N)=O. The van der Waals surface area contributed by atoms with E-state index in [9.17, 15) is 9.59 Å². The van der Waals surface area contributed by atoms with Crippen molar-refractivity contribution in [1.29, 1.82) is 0 Å². The van der Waals surface area contributed by atoms with Gasteiger partial charge < -0.3 is 16.4 Å². The van der Waals surface area contributed by atoms with Gasteiger partial charge in [-0.3, -0.25) is 9.59 Å². The Morgan fingerprint density at radius 3 is 2.13 bits per heavy atom. The number of nitrogens with two attached hydrogens (primary N) is 1. The van der Waals surface area contributed by atoms with Crippen LogP contribution in [-0.4, -0.2) is 30.4 Å². The lowest BCUT2D eigenvalue weighted by Crippen LogP contribution is -2.41. The summed E-state index contributed by atoms with van der Waals surface area (Å²) >= 11 is 0. The Kier molecular flexibility index (Phi) is 5.93. The zero-order valence-corrected chi connectivity index (χ0v) is 9.72. The summed E-state index contributed by atoms with van der Waals surface area (Å²) in [5.41, 5.74) is 4.77. The number of hydrogen-bond donors (Lipinski definition) is 3. The van der Waals surface area contributed by atoms with E-state index in [2.05, 4.69) is 10.6 Å². The van der Waals surface area contributed by atoms with Gasteiger partial charge in [-0.2, -0.15) is 0 Å². The lowest BCUT2D eigenvalue weighted by molar-refractivity contribution is -0.122. The van der Waals surface area contributed by atoms with Gasteiger partial charge in [-0.1, -0.05) is 0 Å². The van der Waals surface area contributed by atoms with Crippen molar-refractivity contribution in [2.24, 2.45) is 5.73 Å². The van der Waals surface area contributed by atoms with Crippen molar-refractivity contribution in [2.75, 3.05) is 13.1 Å². The number of rotatable bonds is 6. The first-order valence-corrected chi connectivity index (χ1v) is 5.11. The first-order chi connectivity index (χ1) is 6.81. The minimum absolute atomic E-state index is 0.00840. The topological polar surface area (TPSA) is 84.2 Å². The Bertz CT molecular complexity index is 221. The van der Waals surface area contributed by atoms with Gasteiger partial charge in [-0.05, 0) is 20.8 Å². The van der Waals surface area contributed by atoms with Gasteiger partial charge in [-0.15, -0.1) is 0 Å². The molecular weight excluding hydrogens is 194 g/mol. The van der Waals surface area contributed by atoms with Gasteiger partial charge >= 0.3 is 0 Å². The monoisotopic (exact) mass is 215 g/mol. The molecule has 0 aliphatic heterocycles. The maximum Gasteiger partial charge on any atom is 0.221 e. The summed E-state index contributed by atoms with van der Waals surface area (Å²) in [6.07, 6.45) is 0.719. The summed E-state index contributed by atoms with van der Waals surface area (Å²) in [7, 11) is 0. The number of amides is 2. The van der Waals surface area contributed by atoms with Crippen LogP contribution >= 0.6 is 0 Å². The normalized spacial score (nSPS) is 11.1. The first-order valence-electron chi connectivity index (χ1n) is 5.11. The van der Waals surface area contributed by atoms with E-state index in [0.717, 1.165) is 0 Å². The zero-order valence-electron chi connectivity index (χ0n) is 9.72. The van der Waals surface area contributed by atoms with Crippen molar-refractivity contribution < 1.29 is 9.59 Å². The van der Waals surface area contributed by atoms with Gasteiger partial charge in [0.05, 0.1) is 0 Å². The molecule has 5 nitrogen and oxygen atoms in total. The Balaban J connectivity index is 3.44. The molecule has 0 fully saturated rings. The molecule has 5 heteroatoms. The average molecular weight is 215 g/mol. The van der Waals surface area contributed by atoms with Gasteiger partial charge in [0.15, 0.2) is 0 Å². The molecule has 0 aliphatic rings. The minimum atomic E-state index is -0.332. The van der Waals surface area contributed by atoms with Crippen LogP contribution in [-0.2, 0) is 9.59 Å². The van der Waals surface area contributed by atoms with E-state index >= 15 is 0 Å². The van der Waals surface area contributed by atoms with Crippen molar-refractivity contribution in [2.45, 2.75) is 39.2 Å². The van der Waals surface area contributed by atoms with E-state index in [1.165, 1.54) is 0 Å². The van der Waals surface area contributed by atoms with E-state index in [-0.39, 0.29) is 17.4 Å². The third kappa shape index (κ3) is 10.8. The number of carbonyl (C=O) groups excluding carboxylic acids is 2. The molecule has 0 saturated heterocycles. The van der Waals surface area contributed by atoms with Crippen LogP contribution in [0.2, 0.25) is 0 Å². The van der Waals surface area contributed by atoms with Crippen LogP contribution in [0.15, 0.2) is 0 Å². The van der Waals surface area contributed by atoms with Crippen LogP contribution in [0.3, 0.4) is 0 Å². The molecule has 0 atom stereocenters. The average Bonchev–Trinajstić information content (AvgIpc) is 1.99. The number of hydrogen-bond acceptors (Lipinski definition) is 3. The maximum absolute atomic E-state index is 11.3. The molecule has 0 unspecified atom stereocenters. The van der Waals surface area contributed by atoms with Crippen molar-refractivity contribution >= 4 is 11.8 Å². The Hall–Kier alpha value is -1.10. The molecule has 0 aliphatic carbocycles. The molecule has 0 aromatic carbocycles. The van der Waals surface area contributed by atoms with Gasteiger partial charge in [0, 0.05) is 31.5 Å². The molecule has 88 valence electrons. The van der Waals surface area contributed by atoms with Gasteiger partial charge in [0.2, 0.25) is 11.8 Å². The maximum atomic E-state index is 11.3. The lowest BCUT2D eigenvalue weighted by Gasteiger charge is -2.20. The van der Waals surface area contributed by atoms with Crippen molar-refractivity contribution in [3.05, 3.63) is 0 Å². The van der Waals surface area contributed by atoms with Gasteiger partial charge in [-0.25, -0.2) is 0 Å². The second-order valence-corrected chi connectivity index (χ2v) is 4.51. The van der Waals surface area contributed by atoms with E-state index < -0.39 is 0 Å². The van der Waals surface area contributed by atoms with Crippen molar-refractivity contribution in [1.82, 2.24) is 10.6 Å². The fourth-order valence-corrected chi connectivity index (χ4v) is 1.02. The molecule has 0 saturated carbocycles. The Labute approximate surface area is 90.8 Å². The molecular formula is C10H21N3O2. The zero-order chi connectivity index (χ0) is 11.9. The van der Waals surface area contributed by atoms with Crippen LogP contribution in [0, 0.1) is 0 Å². The molecule has 2 amide bonds. The molecule has 15 heavy (non-hydrogen) atoms. The number of primary amides is 1. The third-order valence-electron chi connectivity index (χ3n) is 1.59. The number of nitrogens with one attached hydrogen (secondary N) is 2. The van der Waals surface area contributed by atoms with Gasteiger partial charge in [0.25, 0.3) is 0 Å². The molecule has 4 N–H and O–H groups in total. The molecule has 0 bridgehead atoms. The highest BCUT2D eigenvalue weighted by Gasteiger charge is 2.12. The second-order valence-electron chi connectivity index (χ2n) is 4.51. The predicted octanol–water partition coefficient (Wildman–Crippen LogP) is -0.244. The van der Waals surface area contributed by atoms with E-state index in [1.807, 2.05) is 20.8 Å². The summed E-state index contributed by atoms with van der Waals surface area (Å²) in [5, 5.41) is 5.82. The van der Waals surface area contributed by atoms with E-state index in [0.29, 0.717) is 25.9 Å². The highest BCUT2D eigenvalue weighted by Crippen LogP contribution is 1.98. The summed E-state index contributed by atoms with van der Waals surface area (Å²) in [5.74, 6) is -0.323. The Morgan fingerprint density at radius 2 is 1.67 bits per heavy atom. The van der Waals surface area contributed by atoms with Crippen LogP contribution in [0.25, 0.3) is 0 Å². The van der Waals surface area contributed by atoms with Crippen molar-refractivity contribution in [3.63, 3.8) is 0 Å². The molecule has 0 aromatic rings. The molecule has 0 aromatic heterocycles. The standard InChI is InChI=1S/C10H21N3O2/c1-10(2,3)13-9(15)5-7-12-6-4-8(11)14/h12H,4-7H2,1-3H3,(H2,11,14)(H,13,15). The molecule has 0 spiro atoms. The fourth-order valence-electron chi connectivity index (χ4n) is 1.02. The van der Waals surface area contributed by atoms with Crippen LogP contribution in [0.4, 0.5) is 0 Å². The molecule has 0 rings (SSSR count). The van der Waals surface area contributed by atoms with E-state index in [4.69, 9.17) is 5.73 Å². The summed E-state index contributed by atoms with van der Waals surface area (Å²) in [6, 6.07) is 0. The van der Waals surface area contributed by atoms with Crippen LogP contribution < -0.4 is 16.4 Å². The molecule has 0 heterocycles. The first kappa shape index (κ1) is 13.9. The molecule has 0 radical (unpaired) electrons. The lowest BCUT2D eigenvalue weighted by atomic mass is 10.1. The van der Waals surface area contributed by atoms with E-state index in [1.54, 1.807) is 0 Å². The van der Waals surface area contributed by atoms with Crippen molar-refractivity contribution in [3.8, 4) is 0 Å². The quantitative estimate of drug-likeness (QED) is 0.534.